The predicted molar refractivity (Wildman–Crippen MR) is 92.3 cm³/mol. The van der Waals surface area contributed by atoms with Crippen molar-refractivity contribution in [3.05, 3.63) is 58.9 Å². The maximum absolute atomic E-state index is 11.1. The van der Waals surface area contributed by atoms with Gasteiger partial charge < -0.3 is 5.32 Å². The zero-order valence-electron chi connectivity index (χ0n) is 11.8. The minimum absolute atomic E-state index is 0.0906. The standard InChI is InChI=1S/C17H13ClN2OS/c1-11(21)19-13-6-4-5-12(9-13)16-10-22-17(20-16)14-7-2-3-8-15(14)18/h2-10H,1H3,(H,19,21). The summed E-state index contributed by atoms with van der Waals surface area (Å²) >= 11 is 7.76. The highest BCUT2D eigenvalue weighted by atomic mass is 35.5. The van der Waals surface area contributed by atoms with Crippen LogP contribution in [0.25, 0.3) is 21.8 Å². The number of hydrogen-bond donors (Lipinski definition) is 1. The number of hydrogen-bond acceptors (Lipinski definition) is 3. The van der Waals surface area contributed by atoms with Crippen molar-refractivity contribution in [3.63, 3.8) is 0 Å². The van der Waals surface area contributed by atoms with Gasteiger partial charge in [-0.1, -0.05) is 41.9 Å². The molecule has 0 aliphatic rings. The quantitative estimate of drug-likeness (QED) is 0.727. The summed E-state index contributed by atoms with van der Waals surface area (Å²) in [6.07, 6.45) is 0. The number of benzene rings is 2. The summed E-state index contributed by atoms with van der Waals surface area (Å²) < 4.78 is 0. The van der Waals surface area contributed by atoms with Crippen molar-refractivity contribution in [1.29, 1.82) is 0 Å². The smallest absolute Gasteiger partial charge is 0.221 e. The van der Waals surface area contributed by atoms with E-state index in [2.05, 4.69) is 10.3 Å². The van der Waals surface area contributed by atoms with E-state index in [1.54, 1.807) is 11.3 Å². The first-order valence-corrected chi connectivity index (χ1v) is 7.98. The number of nitrogens with one attached hydrogen (secondary N) is 1. The van der Waals surface area contributed by atoms with Gasteiger partial charge in [-0.15, -0.1) is 11.3 Å². The van der Waals surface area contributed by atoms with Gasteiger partial charge >= 0.3 is 0 Å². The molecule has 0 spiro atoms. The molecule has 3 rings (SSSR count). The third-order valence-electron chi connectivity index (χ3n) is 3.09. The first kappa shape index (κ1) is 14.8. The Hall–Kier alpha value is -2.17. The summed E-state index contributed by atoms with van der Waals surface area (Å²) in [5, 5.41) is 6.34. The van der Waals surface area contributed by atoms with Crippen LogP contribution in [-0.4, -0.2) is 10.9 Å². The molecule has 0 unspecified atom stereocenters. The molecule has 5 heteroatoms. The molecule has 0 atom stereocenters. The summed E-state index contributed by atoms with van der Waals surface area (Å²) in [7, 11) is 0. The van der Waals surface area contributed by atoms with E-state index in [-0.39, 0.29) is 5.91 Å². The van der Waals surface area contributed by atoms with Crippen molar-refractivity contribution in [3.8, 4) is 21.8 Å². The number of rotatable bonds is 3. The SMILES string of the molecule is CC(=O)Nc1cccc(-c2csc(-c3ccccc3Cl)n2)c1. The molecule has 3 nitrogen and oxygen atoms in total. The van der Waals surface area contributed by atoms with Gasteiger partial charge in [0.05, 0.1) is 10.7 Å². The Morgan fingerprint density at radius 1 is 1.18 bits per heavy atom. The maximum Gasteiger partial charge on any atom is 0.221 e. The molecule has 0 saturated carbocycles. The van der Waals surface area contributed by atoms with Crippen molar-refractivity contribution in [1.82, 2.24) is 4.98 Å². The Balaban J connectivity index is 1.94. The molecule has 2 aromatic carbocycles. The molecule has 1 aromatic heterocycles. The van der Waals surface area contributed by atoms with Gasteiger partial charge in [0.25, 0.3) is 0 Å². The number of amides is 1. The van der Waals surface area contributed by atoms with Gasteiger partial charge in [0.15, 0.2) is 0 Å². The van der Waals surface area contributed by atoms with Crippen LogP contribution in [0.2, 0.25) is 5.02 Å². The van der Waals surface area contributed by atoms with Crippen LogP contribution < -0.4 is 5.32 Å². The summed E-state index contributed by atoms with van der Waals surface area (Å²) in [6.45, 7) is 1.49. The molecule has 0 aliphatic carbocycles. The largest absolute Gasteiger partial charge is 0.326 e. The van der Waals surface area contributed by atoms with E-state index < -0.39 is 0 Å². The summed E-state index contributed by atoms with van der Waals surface area (Å²) in [6, 6.07) is 15.3. The lowest BCUT2D eigenvalue weighted by Gasteiger charge is -2.04. The molecule has 22 heavy (non-hydrogen) atoms. The third kappa shape index (κ3) is 3.18. The van der Waals surface area contributed by atoms with Crippen LogP contribution in [0.5, 0.6) is 0 Å². The molecule has 3 aromatic rings. The number of anilines is 1. The fourth-order valence-corrected chi connectivity index (χ4v) is 3.27. The van der Waals surface area contributed by atoms with E-state index in [4.69, 9.17) is 11.6 Å². The molecule has 1 amide bonds. The number of nitrogens with zero attached hydrogens (tertiary/aromatic N) is 1. The Labute approximate surface area is 137 Å². The molecule has 0 bridgehead atoms. The third-order valence-corrected chi connectivity index (χ3v) is 4.29. The summed E-state index contributed by atoms with van der Waals surface area (Å²) in [4.78, 5) is 15.8. The van der Waals surface area contributed by atoms with Gasteiger partial charge in [-0.25, -0.2) is 4.98 Å². The highest BCUT2D eigenvalue weighted by Crippen LogP contribution is 2.33. The molecule has 0 aliphatic heterocycles. The van der Waals surface area contributed by atoms with E-state index in [0.29, 0.717) is 5.02 Å². The van der Waals surface area contributed by atoms with Crippen molar-refractivity contribution < 1.29 is 4.79 Å². The molecule has 110 valence electrons. The molecule has 0 radical (unpaired) electrons. The van der Waals surface area contributed by atoms with E-state index in [1.807, 2.05) is 53.9 Å². The molecule has 1 heterocycles. The predicted octanol–water partition coefficient (Wildman–Crippen LogP) is 5.09. The normalized spacial score (nSPS) is 10.5. The number of thiazole rings is 1. The van der Waals surface area contributed by atoms with Crippen LogP contribution in [0.1, 0.15) is 6.92 Å². The summed E-state index contributed by atoms with van der Waals surface area (Å²) in [5.41, 5.74) is 3.52. The minimum atomic E-state index is -0.0906. The Morgan fingerprint density at radius 2 is 2.00 bits per heavy atom. The summed E-state index contributed by atoms with van der Waals surface area (Å²) in [5.74, 6) is -0.0906. The van der Waals surface area contributed by atoms with Gasteiger partial charge in [-0.3, -0.25) is 4.79 Å². The lowest BCUT2D eigenvalue weighted by molar-refractivity contribution is -0.114. The second-order valence-electron chi connectivity index (χ2n) is 4.78. The van der Waals surface area contributed by atoms with Gasteiger partial charge in [-0.05, 0) is 18.2 Å². The van der Waals surface area contributed by atoms with Crippen LogP contribution in [0.15, 0.2) is 53.9 Å². The van der Waals surface area contributed by atoms with Gasteiger partial charge in [0.1, 0.15) is 5.01 Å². The maximum atomic E-state index is 11.1. The molecular formula is C17H13ClN2OS. The second-order valence-corrected chi connectivity index (χ2v) is 6.05. The zero-order chi connectivity index (χ0) is 15.5. The van der Waals surface area contributed by atoms with Crippen LogP contribution in [0, 0.1) is 0 Å². The van der Waals surface area contributed by atoms with Crippen LogP contribution in [0.4, 0.5) is 5.69 Å². The Kier molecular flexibility index (Phi) is 4.22. The van der Waals surface area contributed by atoms with Crippen molar-refractivity contribution >= 4 is 34.5 Å². The highest BCUT2D eigenvalue weighted by molar-refractivity contribution is 7.13. The zero-order valence-corrected chi connectivity index (χ0v) is 13.4. The molecule has 1 N–H and O–H groups in total. The lowest BCUT2D eigenvalue weighted by atomic mass is 10.1. The topological polar surface area (TPSA) is 42.0 Å². The monoisotopic (exact) mass is 328 g/mol. The first-order chi connectivity index (χ1) is 10.6. The van der Waals surface area contributed by atoms with Crippen molar-refractivity contribution in [2.45, 2.75) is 6.92 Å². The van der Waals surface area contributed by atoms with Gasteiger partial charge in [-0.2, -0.15) is 0 Å². The number of carbonyl (C=O) groups is 1. The lowest BCUT2D eigenvalue weighted by Crippen LogP contribution is -2.05. The van der Waals surface area contributed by atoms with Crippen LogP contribution in [0.3, 0.4) is 0 Å². The molecule has 0 fully saturated rings. The Bertz CT molecular complexity index is 829. The average molecular weight is 329 g/mol. The fraction of sp³-hybridized carbons (Fsp3) is 0.0588. The fourth-order valence-electron chi connectivity index (χ4n) is 2.12. The number of halogens is 1. The highest BCUT2D eigenvalue weighted by Gasteiger charge is 2.09. The molecule has 0 saturated heterocycles. The first-order valence-electron chi connectivity index (χ1n) is 6.72. The minimum Gasteiger partial charge on any atom is -0.326 e. The van der Waals surface area contributed by atoms with Crippen LogP contribution >= 0.6 is 22.9 Å². The van der Waals surface area contributed by atoms with E-state index >= 15 is 0 Å². The average Bonchev–Trinajstić information content (AvgIpc) is 2.97. The van der Waals surface area contributed by atoms with E-state index in [0.717, 1.165) is 27.5 Å². The number of carbonyl (C=O) groups excluding carboxylic acids is 1. The van der Waals surface area contributed by atoms with Crippen LogP contribution in [-0.2, 0) is 4.79 Å². The van der Waals surface area contributed by atoms with E-state index in [1.165, 1.54) is 6.92 Å². The Morgan fingerprint density at radius 3 is 2.77 bits per heavy atom. The van der Waals surface area contributed by atoms with Gasteiger partial charge in [0, 0.05) is 29.1 Å². The van der Waals surface area contributed by atoms with Crippen molar-refractivity contribution in [2.75, 3.05) is 5.32 Å². The number of aromatic nitrogens is 1. The second kappa shape index (κ2) is 6.30. The van der Waals surface area contributed by atoms with Crippen molar-refractivity contribution in [2.24, 2.45) is 0 Å². The van der Waals surface area contributed by atoms with Gasteiger partial charge in [0.2, 0.25) is 5.91 Å². The molecular weight excluding hydrogens is 316 g/mol. The van der Waals surface area contributed by atoms with E-state index in [9.17, 15) is 4.79 Å².